The summed E-state index contributed by atoms with van der Waals surface area (Å²) in [6, 6.07) is 20.5. The number of piperidine rings is 1. The number of unbranched alkanes of at least 4 members (excludes halogenated alkanes) is 1. The summed E-state index contributed by atoms with van der Waals surface area (Å²) in [5.41, 5.74) is 4.40. The van der Waals surface area contributed by atoms with Gasteiger partial charge in [0.1, 0.15) is 18.5 Å². The highest BCUT2D eigenvalue weighted by Crippen LogP contribution is 2.29. The summed E-state index contributed by atoms with van der Waals surface area (Å²) in [5, 5.41) is 12.3. The van der Waals surface area contributed by atoms with Gasteiger partial charge in [-0.3, -0.25) is 0 Å². The fraction of sp³-hybridized carbons (Fsp3) is 0.385. The standard InChI is InChI=1S/C26H31N3O2/c1-2-3-9-25-24(18-26(29-28-25)31-23-14-16-27-17-15-23)21-10-12-22(13-11-21)30-19-20-7-5-4-6-8-20/h4-8,10-13,18,23,27H,2-3,9,14-17,19H2,1H3. The summed E-state index contributed by atoms with van der Waals surface area (Å²) in [4.78, 5) is 0. The Morgan fingerprint density at radius 1 is 0.968 bits per heavy atom. The van der Waals surface area contributed by atoms with E-state index < -0.39 is 0 Å². The summed E-state index contributed by atoms with van der Waals surface area (Å²) in [6.45, 7) is 4.74. The molecule has 5 heteroatoms. The first-order chi connectivity index (χ1) is 15.3. The van der Waals surface area contributed by atoms with Crippen LogP contribution < -0.4 is 14.8 Å². The number of benzene rings is 2. The highest BCUT2D eigenvalue weighted by Gasteiger charge is 2.17. The van der Waals surface area contributed by atoms with Crippen molar-refractivity contribution in [1.29, 1.82) is 0 Å². The van der Waals surface area contributed by atoms with E-state index in [1.54, 1.807) is 0 Å². The molecule has 0 unspecified atom stereocenters. The van der Waals surface area contributed by atoms with E-state index in [2.05, 4.69) is 52.8 Å². The summed E-state index contributed by atoms with van der Waals surface area (Å²) in [6.07, 6.45) is 5.34. The van der Waals surface area contributed by atoms with Gasteiger partial charge in [0.05, 0.1) is 5.69 Å². The van der Waals surface area contributed by atoms with Gasteiger partial charge in [-0.1, -0.05) is 55.8 Å². The van der Waals surface area contributed by atoms with Crippen LogP contribution >= 0.6 is 0 Å². The van der Waals surface area contributed by atoms with Gasteiger partial charge in [-0.15, -0.1) is 5.10 Å². The van der Waals surface area contributed by atoms with E-state index in [4.69, 9.17) is 9.47 Å². The Morgan fingerprint density at radius 3 is 2.48 bits per heavy atom. The lowest BCUT2D eigenvalue weighted by Gasteiger charge is -2.23. The molecule has 3 aromatic rings. The summed E-state index contributed by atoms with van der Waals surface area (Å²) >= 11 is 0. The average molecular weight is 418 g/mol. The molecule has 0 aliphatic carbocycles. The SMILES string of the molecule is CCCCc1nnc(OC2CCNCC2)cc1-c1ccc(OCc2ccccc2)cc1. The Bertz CT molecular complexity index is 939. The maximum Gasteiger partial charge on any atom is 0.234 e. The fourth-order valence-corrected chi connectivity index (χ4v) is 3.79. The molecule has 1 aliphatic rings. The topological polar surface area (TPSA) is 56.3 Å². The molecule has 0 radical (unpaired) electrons. The smallest absolute Gasteiger partial charge is 0.234 e. The van der Waals surface area contributed by atoms with Gasteiger partial charge in [-0.25, -0.2) is 0 Å². The second-order valence-electron chi connectivity index (χ2n) is 8.01. The lowest BCUT2D eigenvalue weighted by molar-refractivity contribution is 0.154. The van der Waals surface area contributed by atoms with Crippen molar-refractivity contribution in [2.45, 2.75) is 51.7 Å². The molecular formula is C26H31N3O2. The van der Waals surface area contributed by atoms with Crippen LogP contribution in [0, 0.1) is 0 Å². The van der Waals surface area contributed by atoms with Gasteiger partial charge in [0.15, 0.2) is 0 Å². The van der Waals surface area contributed by atoms with Crippen molar-refractivity contribution < 1.29 is 9.47 Å². The van der Waals surface area contributed by atoms with Crippen LogP contribution in [0.3, 0.4) is 0 Å². The van der Waals surface area contributed by atoms with E-state index >= 15 is 0 Å². The Labute approximate surface area is 184 Å². The van der Waals surface area contributed by atoms with E-state index in [1.807, 2.05) is 30.3 Å². The molecule has 2 heterocycles. The summed E-state index contributed by atoms with van der Waals surface area (Å²) in [7, 11) is 0. The molecule has 1 aliphatic heterocycles. The van der Waals surface area contributed by atoms with Crippen LogP contribution in [0.4, 0.5) is 0 Å². The monoisotopic (exact) mass is 417 g/mol. The van der Waals surface area contributed by atoms with E-state index in [-0.39, 0.29) is 6.10 Å². The van der Waals surface area contributed by atoms with Crippen molar-refractivity contribution in [2.24, 2.45) is 0 Å². The zero-order valence-electron chi connectivity index (χ0n) is 18.2. The minimum atomic E-state index is 0.207. The molecule has 1 saturated heterocycles. The second kappa shape index (κ2) is 10.9. The molecule has 2 aromatic carbocycles. The quantitative estimate of drug-likeness (QED) is 0.519. The third kappa shape index (κ3) is 6.05. The van der Waals surface area contributed by atoms with Crippen molar-refractivity contribution in [3.05, 3.63) is 71.9 Å². The molecule has 0 bridgehead atoms. The maximum atomic E-state index is 6.15. The van der Waals surface area contributed by atoms with E-state index in [9.17, 15) is 0 Å². The van der Waals surface area contributed by atoms with Crippen LogP contribution in [-0.4, -0.2) is 29.4 Å². The molecule has 162 valence electrons. The number of ether oxygens (including phenoxy) is 2. The number of aryl methyl sites for hydroxylation is 1. The Hall–Kier alpha value is -2.92. The summed E-state index contributed by atoms with van der Waals surface area (Å²) < 4.78 is 12.1. The van der Waals surface area contributed by atoms with Crippen molar-refractivity contribution in [1.82, 2.24) is 15.5 Å². The van der Waals surface area contributed by atoms with Gasteiger partial charge < -0.3 is 14.8 Å². The predicted octanol–water partition coefficient (Wildman–Crippen LogP) is 5.20. The second-order valence-corrected chi connectivity index (χ2v) is 8.01. The molecule has 31 heavy (non-hydrogen) atoms. The maximum absolute atomic E-state index is 6.15. The molecule has 4 rings (SSSR count). The molecule has 0 atom stereocenters. The molecule has 0 saturated carbocycles. The number of rotatable bonds is 9. The number of hydrogen-bond donors (Lipinski definition) is 1. The molecule has 1 aromatic heterocycles. The third-order valence-electron chi connectivity index (χ3n) is 5.60. The highest BCUT2D eigenvalue weighted by molar-refractivity contribution is 5.67. The van der Waals surface area contributed by atoms with Gasteiger partial charge in [-0.05, 0) is 62.0 Å². The Kier molecular flexibility index (Phi) is 7.51. The Balaban J connectivity index is 1.50. The lowest BCUT2D eigenvalue weighted by Crippen LogP contribution is -2.34. The number of hydrogen-bond acceptors (Lipinski definition) is 5. The highest BCUT2D eigenvalue weighted by atomic mass is 16.5. The van der Waals surface area contributed by atoms with Crippen molar-refractivity contribution in [3.8, 4) is 22.8 Å². The van der Waals surface area contributed by atoms with Crippen LogP contribution in [0.1, 0.15) is 43.9 Å². The molecule has 1 N–H and O–H groups in total. The van der Waals surface area contributed by atoms with Gasteiger partial charge in [-0.2, -0.15) is 5.10 Å². The molecule has 0 spiro atoms. The minimum absolute atomic E-state index is 0.207. The first-order valence-electron chi connectivity index (χ1n) is 11.3. The lowest BCUT2D eigenvalue weighted by atomic mass is 10.0. The van der Waals surface area contributed by atoms with Crippen LogP contribution in [0.25, 0.3) is 11.1 Å². The van der Waals surface area contributed by atoms with E-state index in [0.29, 0.717) is 12.5 Å². The van der Waals surface area contributed by atoms with Gasteiger partial charge >= 0.3 is 0 Å². The van der Waals surface area contributed by atoms with Crippen LogP contribution in [0.15, 0.2) is 60.7 Å². The van der Waals surface area contributed by atoms with Gasteiger partial charge in [0, 0.05) is 11.6 Å². The number of nitrogens with zero attached hydrogens (tertiary/aromatic N) is 2. The van der Waals surface area contributed by atoms with Gasteiger partial charge in [0.2, 0.25) is 5.88 Å². The van der Waals surface area contributed by atoms with Crippen LogP contribution in [0.2, 0.25) is 0 Å². The zero-order valence-corrected chi connectivity index (χ0v) is 18.2. The van der Waals surface area contributed by atoms with E-state index in [0.717, 1.165) is 73.3 Å². The largest absolute Gasteiger partial charge is 0.489 e. The van der Waals surface area contributed by atoms with Crippen molar-refractivity contribution in [3.63, 3.8) is 0 Å². The first-order valence-corrected chi connectivity index (χ1v) is 11.3. The van der Waals surface area contributed by atoms with Crippen molar-refractivity contribution in [2.75, 3.05) is 13.1 Å². The molecule has 0 amide bonds. The predicted molar refractivity (Wildman–Crippen MR) is 123 cm³/mol. The Morgan fingerprint density at radius 2 is 1.74 bits per heavy atom. The molecular weight excluding hydrogens is 386 g/mol. The van der Waals surface area contributed by atoms with Crippen molar-refractivity contribution >= 4 is 0 Å². The van der Waals surface area contributed by atoms with E-state index in [1.165, 1.54) is 0 Å². The summed E-state index contributed by atoms with van der Waals surface area (Å²) in [5.74, 6) is 1.47. The van der Waals surface area contributed by atoms with Gasteiger partial charge in [0.25, 0.3) is 0 Å². The molecule has 5 nitrogen and oxygen atoms in total. The zero-order chi connectivity index (χ0) is 21.3. The number of aromatic nitrogens is 2. The van der Waals surface area contributed by atoms with Crippen LogP contribution in [-0.2, 0) is 13.0 Å². The minimum Gasteiger partial charge on any atom is -0.489 e. The average Bonchev–Trinajstić information content (AvgIpc) is 2.83. The fourth-order valence-electron chi connectivity index (χ4n) is 3.79. The molecule has 1 fully saturated rings. The normalized spacial score (nSPS) is 14.4. The third-order valence-corrected chi connectivity index (χ3v) is 5.60. The first kappa shape index (κ1) is 21.3. The number of nitrogens with one attached hydrogen (secondary N) is 1. The van der Waals surface area contributed by atoms with Crippen LogP contribution in [0.5, 0.6) is 11.6 Å².